The minimum absolute atomic E-state index is 0.135. The molecular weight excluding hydrogens is 420 g/mol. The summed E-state index contributed by atoms with van der Waals surface area (Å²) in [6.45, 7) is 4.14. The average Bonchev–Trinajstić information content (AvgIpc) is 3.13. The average molecular weight is 447 g/mol. The number of fused-ring (bicyclic) bond motifs is 1. The first kappa shape index (κ1) is 21.2. The van der Waals surface area contributed by atoms with Gasteiger partial charge in [0.1, 0.15) is 10.6 Å². The fourth-order valence-electron chi connectivity index (χ4n) is 4.42. The molecule has 0 saturated carbocycles. The van der Waals surface area contributed by atoms with Gasteiger partial charge in [-0.3, -0.25) is 0 Å². The molecule has 1 aliphatic heterocycles. The van der Waals surface area contributed by atoms with Crippen LogP contribution < -0.4 is 4.74 Å². The Hall–Kier alpha value is -2.02. The molecule has 1 aromatic heterocycles. The van der Waals surface area contributed by atoms with E-state index >= 15 is 0 Å². The maximum Gasteiger partial charge on any atom is 0.246 e. The lowest BCUT2D eigenvalue weighted by Gasteiger charge is -2.31. The number of para-hydroxylation sites is 1. The largest absolute Gasteiger partial charge is 0.495 e. The standard InChI is InChI=1S/C23H27ClN2O3S/c1-3-12-25-16-20(19-6-4-5-7-21(19)25)17-10-13-26(14-11-17)30(27,28)23-15-18(24)8-9-22(23)29-2/h4-9,15-17H,3,10-14H2,1-2H3. The molecule has 0 amide bonds. The number of rotatable bonds is 6. The number of aromatic nitrogens is 1. The van der Waals surface area contributed by atoms with E-state index in [-0.39, 0.29) is 4.90 Å². The lowest BCUT2D eigenvalue weighted by atomic mass is 9.90. The predicted octanol–water partition coefficient (Wildman–Crippen LogP) is 5.28. The van der Waals surface area contributed by atoms with E-state index in [9.17, 15) is 8.42 Å². The molecule has 30 heavy (non-hydrogen) atoms. The molecule has 1 fully saturated rings. The Morgan fingerprint density at radius 3 is 2.57 bits per heavy atom. The quantitative estimate of drug-likeness (QED) is 0.517. The van der Waals surface area contributed by atoms with E-state index in [1.54, 1.807) is 16.4 Å². The van der Waals surface area contributed by atoms with Gasteiger partial charge in [0.15, 0.2) is 0 Å². The van der Waals surface area contributed by atoms with E-state index < -0.39 is 10.0 Å². The van der Waals surface area contributed by atoms with Gasteiger partial charge in [-0.1, -0.05) is 36.7 Å². The van der Waals surface area contributed by atoms with Crippen molar-refractivity contribution in [3.8, 4) is 5.75 Å². The van der Waals surface area contributed by atoms with Crippen molar-refractivity contribution in [3.63, 3.8) is 0 Å². The van der Waals surface area contributed by atoms with Gasteiger partial charge in [0, 0.05) is 41.8 Å². The Morgan fingerprint density at radius 2 is 1.87 bits per heavy atom. The Labute approximate surface area is 183 Å². The lowest BCUT2D eigenvalue weighted by molar-refractivity contribution is 0.318. The Morgan fingerprint density at radius 1 is 1.13 bits per heavy atom. The van der Waals surface area contributed by atoms with Crippen molar-refractivity contribution in [2.75, 3.05) is 20.2 Å². The highest BCUT2D eigenvalue weighted by Gasteiger charge is 2.33. The topological polar surface area (TPSA) is 51.5 Å². The van der Waals surface area contributed by atoms with E-state index in [2.05, 4.69) is 42.0 Å². The highest BCUT2D eigenvalue weighted by molar-refractivity contribution is 7.89. The fraction of sp³-hybridized carbons (Fsp3) is 0.391. The summed E-state index contributed by atoms with van der Waals surface area (Å²) >= 11 is 6.06. The van der Waals surface area contributed by atoms with Gasteiger partial charge in [0.05, 0.1) is 7.11 Å². The number of hydrogen-bond donors (Lipinski definition) is 0. The van der Waals surface area contributed by atoms with Gasteiger partial charge in [0.25, 0.3) is 0 Å². The number of ether oxygens (including phenoxy) is 1. The van der Waals surface area contributed by atoms with Crippen LogP contribution in [-0.2, 0) is 16.6 Å². The van der Waals surface area contributed by atoms with E-state index in [1.165, 1.54) is 29.6 Å². The zero-order valence-corrected chi connectivity index (χ0v) is 18.9. The van der Waals surface area contributed by atoms with Crippen molar-refractivity contribution in [1.82, 2.24) is 8.87 Å². The molecule has 4 rings (SSSR count). The second kappa shape index (κ2) is 8.61. The normalized spacial score (nSPS) is 16.2. The highest BCUT2D eigenvalue weighted by Crippen LogP contribution is 2.37. The molecule has 1 saturated heterocycles. The highest BCUT2D eigenvalue weighted by atomic mass is 35.5. The first-order valence-electron chi connectivity index (χ1n) is 10.4. The molecule has 2 aromatic carbocycles. The fourth-order valence-corrected chi connectivity index (χ4v) is 6.31. The molecule has 0 N–H and O–H groups in total. The molecule has 5 nitrogen and oxygen atoms in total. The molecule has 0 spiro atoms. The summed E-state index contributed by atoms with van der Waals surface area (Å²) in [7, 11) is -2.19. The summed E-state index contributed by atoms with van der Waals surface area (Å²) in [4.78, 5) is 0.135. The molecule has 3 aromatic rings. The number of benzene rings is 2. The molecule has 160 valence electrons. The Bertz CT molecular complexity index is 1150. The van der Waals surface area contributed by atoms with Crippen LogP contribution in [0.2, 0.25) is 5.02 Å². The van der Waals surface area contributed by atoms with Crippen LogP contribution in [-0.4, -0.2) is 37.5 Å². The molecule has 0 radical (unpaired) electrons. The maximum atomic E-state index is 13.2. The molecule has 2 heterocycles. The van der Waals surface area contributed by atoms with Crippen molar-refractivity contribution in [2.45, 2.75) is 43.5 Å². The zero-order chi connectivity index (χ0) is 21.3. The van der Waals surface area contributed by atoms with Gasteiger partial charge < -0.3 is 9.30 Å². The minimum Gasteiger partial charge on any atom is -0.495 e. The third-order valence-electron chi connectivity index (χ3n) is 5.92. The summed E-state index contributed by atoms with van der Waals surface area (Å²) in [6, 6.07) is 13.2. The summed E-state index contributed by atoms with van der Waals surface area (Å²) in [5.74, 6) is 0.671. The molecule has 0 bridgehead atoms. The first-order valence-corrected chi connectivity index (χ1v) is 12.2. The van der Waals surface area contributed by atoms with Crippen LogP contribution in [0.4, 0.5) is 0 Å². The second-order valence-electron chi connectivity index (χ2n) is 7.77. The van der Waals surface area contributed by atoms with Crippen molar-refractivity contribution in [2.24, 2.45) is 0 Å². The lowest BCUT2D eigenvalue weighted by Crippen LogP contribution is -2.38. The minimum atomic E-state index is -3.66. The number of hydrogen-bond acceptors (Lipinski definition) is 3. The molecule has 1 aliphatic rings. The van der Waals surface area contributed by atoms with Gasteiger partial charge in [-0.05, 0) is 55.0 Å². The van der Waals surface area contributed by atoms with E-state index in [0.29, 0.717) is 29.8 Å². The molecule has 0 aliphatic carbocycles. The van der Waals surface area contributed by atoms with Crippen molar-refractivity contribution >= 4 is 32.5 Å². The van der Waals surface area contributed by atoms with Crippen LogP contribution in [0.1, 0.15) is 37.7 Å². The Kier molecular flexibility index (Phi) is 6.09. The number of piperidine rings is 1. The van der Waals surface area contributed by atoms with Crippen molar-refractivity contribution < 1.29 is 13.2 Å². The first-order chi connectivity index (χ1) is 14.5. The van der Waals surface area contributed by atoms with E-state index in [1.807, 2.05) is 0 Å². The van der Waals surface area contributed by atoms with E-state index in [0.717, 1.165) is 25.8 Å². The number of methoxy groups -OCH3 is 1. The summed E-state index contributed by atoms with van der Waals surface area (Å²) < 4.78 is 35.7. The zero-order valence-electron chi connectivity index (χ0n) is 17.3. The monoisotopic (exact) mass is 446 g/mol. The van der Waals surface area contributed by atoms with Crippen LogP contribution in [0, 0.1) is 0 Å². The van der Waals surface area contributed by atoms with Crippen LogP contribution >= 0.6 is 11.6 Å². The summed E-state index contributed by atoms with van der Waals surface area (Å²) in [5.41, 5.74) is 2.59. The second-order valence-corrected chi connectivity index (χ2v) is 10.1. The van der Waals surface area contributed by atoms with Gasteiger partial charge in [-0.15, -0.1) is 0 Å². The Balaban J connectivity index is 1.58. The van der Waals surface area contributed by atoms with Crippen LogP contribution in [0.3, 0.4) is 0 Å². The SMILES string of the molecule is CCCn1cc(C2CCN(S(=O)(=O)c3cc(Cl)ccc3OC)CC2)c2ccccc21. The van der Waals surface area contributed by atoms with Crippen LogP contribution in [0.15, 0.2) is 53.6 Å². The van der Waals surface area contributed by atoms with Gasteiger partial charge in [-0.2, -0.15) is 4.31 Å². The predicted molar refractivity (Wildman–Crippen MR) is 121 cm³/mol. The third-order valence-corrected chi connectivity index (χ3v) is 8.08. The van der Waals surface area contributed by atoms with Gasteiger partial charge in [0.2, 0.25) is 10.0 Å². The van der Waals surface area contributed by atoms with Crippen molar-refractivity contribution in [1.29, 1.82) is 0 Å². The van der Waals surface area contributed by atoms with Crippen LogP contribution in [0.25, 0.3) is 10.9 Å². The van der Waals surface area contributed by atoms with Crippen molar-refractivity contribution in [3.05, 3.63) is 59.2 Å². The maximum absolute atomic E-state index is 13.2. The number of nitrogens with zero attached hydrogens (tertiary/aromatic N) is 2. The molecular formula is C23H27ClN2O3S. The molecule has 0 unspecified atom stereocenters. The molecule has 7 heteroatoms. The van der Waals surface area contributed by atoms with Crippen LogP contribution in [0.5, 0.6) is 5.75 Å². The third kappa shape index (κ3) is 3.84. The number of halogens is 1. The summed E-state index contributed by atoms with van der Waals surface area (Å²) in [6.07, 6.45) is 4.93. The number of aryl methyl sites for hydroxylation is 1. The summed E-state index contributed by atoms with van der Waals surface area (Å²) in [5, 5.41) is 1.66. The van der Waals surface area contributed by atoms with E-state index in [4.69, 9.17) is 16.3 Å². The smallest absolute Gasteiger partial charge is 0.246 e. The number of sulfonamides is 1. The van der Waals surface area contributed by atoms with Gasteiger partial charge >= 0.3 is 0 Å². The molecule has 0 atom stereocenters. The van der Waals surface area contributed by atoms with Gasteiger partial charge in [-0.25, -0.2) is 8.42 Å².